The summed E-state index contributed by atoms with van der Waals surface area (Å²) in [5.41, 5.74) is 2.54. The molecule has 1 aliphatic heterocycles. The molecule has 4 rings (SSSR count). The molecule has 2 aromatic rings. The number of ether oxygens (including phenoxy) is 1. The molecule has 0 saturated carbocycles. The third kappa shape index (κ3) is 2.92. The Morgan fingerprint density at radius 2 is 2.04 bits per heavy atom. The van der Waals surface area contributed by atoms with Gasteiger partial charge in [-0.05, 0) is 24.5 Å². The van der Waals surface area contributed by atoms with Gasteiger partial charge in [0.2, 0.25) is 5.91 Å². The second-order valence-electron chi connectivity index (χ2n) is 6.98. The van der Waals surface area contributed by atoms with E-state index in [4.69, 9.17) is 4.74 Å². The first-order valence-corrected chi connectivity index (χ1v) is 9.07. The molecule has 2 aliphatic rings. The number of nitrogens with zero attached hydrogens (tertiary/aromatic N) is 2. The second kappa shape index (κ2) is 7.00. The number of benzene rings is 1. The molecule has 1 saturated heterocycles. The third-order valence-corrected chi connectivity index (χ3v) is 5.51. The van der Waals surface area contributed by atoms with E-state index in [1.54, 1.807) is 12.4 Å². The van der Waals surface area contributed by atoms with Crippen LogP contribution in [0.15, 0.2) is 48.8 Å². The highest BCUT2D eigenvalue weighted by atomic mass is 16.5. The number of hydrogen-bond donors (Lipinski definition) is 0. The first-order valence-electron chi connectivity index (χ1n) is 9.07. The predicted molar refractivity (Wildman–Crippen MR) is 96.9 cm³/mol. The number of hydrogen-bond acceptors (Lipinski definition) is 4. The van der Waals surface area contributed by atoms with Gasteiger partial charge >= 0.3 is 0 Å². The molecule has 0 spiro atoms. The van der Waals surface area contributed by atoms with Crippen molar-refractivity contribution in [3.05, 3.63) is 65.5 Å². The number of fused-ring (bicyclic) bond motifs is 1. The molecule has 26 heavy (non-hydrogen) atoms. The third-order valence-electron chi connectivity index (χ3n) is 5.51. The minimum atomic E-state index is -0.260. The lowest BCUT2D eigenvalue weighted by molar-refractivity contribution is -0.135. The molecule has 1 fully saturated rings. The molecule has 1 amide bonds. The number of aromatic nitrogens is 1. The van der Waals surface area contributed by atoms with E-state index in [-0.39, 0.29) is 29.8 Å². The van der Waals surface area contributed by atoms with Gasteiger partial charge in [-0.3, -0.25) is 14.6 Å². The van der Waals surface area contributed by atoms with Crippen LogP contribution in [0.1, 0.15) is 52.8 Å². The van der Waals surface area contributed by atoms with Crippen molar-refractivity contribution >= 4 is 11.7 Å². The van der Waals surface area contributed by atoms with Crippen LogP contribution in [0, 0.1) is 0 Å². The quantitative estimate of drug-likeness (QED) is 0.853. The summed E-state index contributed by atoms with van der Waals surface area (Å²) in [7, 11) is 1.85. The fourth-order valence-corrected chi connectivity index (χ4v) is 4.12. The number of carbonyl (C=O) groups excluding carboxylic acids is 2. The van der Waals surface area contributed by atoms with Crippen LogP contribution >= 0.6 is 0 Å². The number of pyridine rings is 1. The summed E-state index contributed by atoms with van der Waals surface area (Å²) in [6.45, 7) is 0.627. The molecule has 134 valence electrons. The molecule has 5 nitrogen and oxygen atoms in total. The van der Waals surface area contributed by atoms with Crippen molar-refractivity contribution in [2.75, 3.05) is 13.7 Å². The molecule has 0 N–H and O–H groups in total. The van der Waals surface area contributed by atoms with Gasteiger partial charge in [0.15, 0.2) is 5.78 Å². The zero-order valence-electron chi connectivity index (χ0n) is 14.8. The fourth-order valence-electron chi connectivity index (χ4n) is 4.12. The Balaban J connectivity index is 1.59. The van der Waals surface area contributed by atoms with Gasteiger partial charge in [-0.15, -0.1) is 0 Å². The lowest BCUT2D eigenvalue weighted by Gasteiger charge is -2.33. The summed E-state index contributed by atoms with van der Waals surface area (Å²) in [6.07, 6.45) is 5.18. The number of rotatable bonds is 3. The van der Waals surface area contributed by atoms with Crippen molar-refractivity contribution in [1.29, 1.82) is 0 Å². The Hall–Kier alpha value is -2.53. The topological polar surface area (TPSA) is 59.5 Å². The first-order chi connectivity index (χ1) is 12.7. The molecule has 2 heterocycles. The second-order valence-corrected chi connectivity index (χ2v) is 6.98. The Bertz CT molecular complexity index is 821. The number of likely N-dealkylation sites (N-methyl/N-ethyl adjacent to an activating group) is 1. The molecule has 5 heteroatoms. The molecule has 1 aromatic heterocycles. The molecule has 3 atom stereocenters. The average molecular weight is 350 g/mol. The van der Waals surface area contributed by atoms with E-state index in [9.17, 15) is 9.59 Å². The summed E-state index contributed by atoms with van der Waals surface area (Å²) >= 11 is 0. The van der Waals surface area contributed by atoms with Gasteiger partial charge in [-0.25, -0.2) is 0 Å². The maximum Gasteiger partial charge on any atom is 0.230 e. The van der Waals surface area contributed by atoms with Gasteiger partial charge < -0.3 is 9.64 Å². The maximum atomic E-state index is 13.3. The van der Waals surface area contributed by atoms with Crippen LogP contribution in [0.5, 0.6) is 0 Å². The van der Waals surface area contributed by atoms with Crippen molar-refractivity contribution in [3.63, 3.8) is 0 Å². The van der Waals surface area contributed by atoms with E-state index in [1.807, 2.05) is 48.3 Å². The van der Waals surface area contributed by atoms with Crippen LogP contribution in [0.3, 0.4) is 0 Å². The minimum absolute atomic E-state index is 0.0171. The lowest BCUT2D eigenvalue weighted by atomic mass is 9.81. The van der Waals surface area contributed by atoms with Gasteiger partial charge in [-0.1, -0.05) is 30.3 Å². The van der Waals surface area contributed by atoms with Crippen LogP contribution in [0.4, 0.5) is 0 Å². The van der Waals surface area contributed by atoms with Crippen molar-refractivity contribution < 1.29 is 14.3 Å². The number of Topliss-reactive ketones (excluding diaryl/α,β-unsaturated/α-hetero) is 1. The molecule has 1 unspecified atom stereocenters. The Kier molecular flexibility index (Phi) is 4.55. The van der Waals surface area contributed by atoms with E-state index in [1.165, 1.54) is 0 Å². The lowest BCUT2D eigenvalue weighted by Crippen LogP contribution is -2.42. The largest absolute Gasteiger partial charge is 0.371 e. The predicted octanol–water partition coefficient (Wildman–Crippen LogP) is 3.13. The smallest absolute Gasteiger partial charge is 0.230 e. The van der Waals surface area contributed by atoms with Crippen LogP contribution in [-0.4, -0.2) is 41.3 Å². The van der Waals surface area contributed by atoms with Crippen LogP contribution in [0.2, 0.25) is 0 Å². The fraction of sp³-hybridized carbons (Fsp3) is 0.381. The number of amides is 1. The zero-order valence-corrected chi connectivity index (χ0v) is 14.8. The summed E-state index contributed by atoms with van der Waals surface area (Å²) in [6, 6.07) is 11.4. The Labute approximate surface area is 153 Å². The van der Waals surface area contributed by atoms with E-state index in [2.05, 4.69) is 4.98 Å². The van der Waals surface area contributed by atoms with Crippen LogP contribution in [0.25, 0.3) is 0 Å². The van der Waals surface area contributed by atoms with Gasteiger partial charge in [0.25, 0.3) is 0 Å². The molecule has 0 radical (unpaired) electrons. The van der Waals surface area contributed by atoms with Gasteiger partial charge in [-0.2, -0.15) is 0 Å². The number of ketones is 1. The van der Waals surface area contributed by atoms with Crippen molar-refractivity contribution in [2.45, 2.75) is 37.3 Å². The summed E-state index contributed by atoms with van der Waals surface area (Å²) in [4.78, 5) is 31.4. The highest BCUT2D eigenvalue weighted by Gasteiger charge is 2.39. The van der Waals surface area contributed by atoms with Gasteiger partial charge in [0.05, 0.1) is 12.0 Å². The summed E-state index contributed by atoms with van der Waals surface area (Å²) < 4.78 is 5.91. The first kappa shape index (κ1) is 16.9. The molecular weight excluding hydrogens is 328 g/mol. The molecule has 1 aromatic carbocycles. The van der Waals surface area contributed by atoms with E-state index >= 15 is 0 Å². The SMILES string of the molecule is CN(C(=O)C1CCC(=O)c2ccccc21)[C@H]1CCO[C@@H]1c1cccnc1. The Morgan fingerprint density at radius 3 is 2.85 bits per heavy atom. The van der Waals surface area contributed by atoms with E-state index in [0.29, 0.717) is 25.0 Å². The van der Waals surface area contributed by atoms with Crippen molar-refractivity contribution in [3.8, 4) is 0 Å². The Morgan fingerprint density at radius 1 is 1.19 bits per heavy atom. The normalized spacial score (nSPS) is 25.0. The summed E-state index contributed by atoms with van der Waals surface area (Å²) in [5.74, 6) is -0.0665. The van der Waals surface area contributed by atoms with Crippen LogP contribution in [-0.2, 0) is 9.53 Å². The number of carbonyl (C=O) groups is 2. The van der Waals surface area contributed by atoms with Gasteiger partial charge in [0, 0.05) is 43.6 Å². The summed E-state index contributed by atoms with van der Waals surface area (Å²) in [5, 5.41) is 0. The molecule has 1 aliphatic carbocycles. The van der Waals surface area contributed by atoms with E-state index < -0.39 is 0 Å². The zero-order chi connectivity index (χ0) is 18.1. The van der Waals surface area contributed by atoms with Gasteiger partial charge in [0.1, 0.15) is 6.10 Å². The van der Waals surface area contributed by atoms with E-state index in [0.717, 1.165) is 17.5 Å². The molecular formula is C21H22N2O3. The maximum absolute atomic E-state index is 13.3. The highest BCUT2D eigenvalue weighted by molar-refractivity contribution is 6.01. The molecule has 0 bridgehead atoms. The standard InChI is InChI=1S/C21H22N2O3/c1-23(18-10-12-26-20(18)14-5-4-11-22-13-14)21(25)17-8-9-19(24)16-7-3-2-6-15(16)17/h2-7,11,13,17-18,20H,8-10,12H2,1H3/t17?,18-,20+/m0/s1. The minimum Gasteiger partial charge on any atom is -0.371 e. The average Bonchev–Trinajstić information content (AvgIpc) is 3.18. The van der Waals surface area contributed by atoms with Crippen LogP contribution < -0.4 is 0 Å². The van der Waals surface area contributed by atoms with Crippen molar-refractivity contribution in [2.24, 2.45) is 0 Å². The van der Waals surface area contributed by atoms with Crippen molar-refractivity contribution in [1.82, 2.24) is 9.88 Å². The monoisotopic (exact) mass is 350 g/mol. The highest BCUT2D eigenvalue weighted by Crippen LogP contribution is 2.37.